The fourth-order valence-electron chi connectivity index (χ4n) is 1.69. The van der Waals surface area contributed by atoms with Crippen molar-refractivity contribution < 1.29 is 33.3 Å². The van der Waals surface area contributed by atoms with Crippen molar-refractivity contribution in [1.29, 1.82) is 0 Å². The van der Waals surface area contributed by atoms with Crippen molar-refractivity contribution in [2.45, 2.75) is 19.8 Å². The van der Waals surface area contributed by atoms with E-state index in [0.29, 0.717) is 12.5 Å². The van der Waals surface area contributed by atoms with Gasteiger partial charge in [0.1, 0.15) is 7.05 Å². The van der Waals surface area contributed by atoms with E-state index in [1.807, 2.05) is 36.1 Å². The van der Waals surface area contributed by atoms with Gasteiger partial charge in [0.15, 0.2) is 18.1 Å². The standard InChI is InChI=1S/C14H18N3OS.HI/c1-3-4-5-6-10-18-14-13(15-19-16-14)12-8-7-9-17(2)11-12;/h4-5,7-9,11H,3,6,10H2,1-2H3;1H/q+1;/p-1/b5-4+;. The smallest absolute Gasteiger partial charge is 0.254 e. The van der Waals surface area contributed by atoms with E-state index in [-0.39, 0.29) is 24.0 Å². The maximum Gasteiger partial charge on any atom is 0.254 e. The van der Waals surface area contributed by atoms with E-state index in [0.717, 1.165) is 24.1 Å². The molecule has 0 unspecified atom stereocenters. The first-order chi connectivity index (χ1) is 9.31. The third-order valence-electron chi connectivity index (χ3n) is 2.60. The van der Waals surface area contributed by atoms with Gasteiger partial charge in [-0.2, -0.15) is 4.37 Å². The van der Waals surface area contributed by atoms with Gasteiger partial charge in [-0.1, -0.05) is 19.1 Å². The zero-order valence-corrected chi connectivity index (χ0v) is 14.6. The normalized spacial score (nSPS) is 10.5. The highest BCUT2D eigenvalue weighted by Crippen LogP contribution is 2.26. The van der Waals surface area contributed by atoms with Gasteiger partial charge in [0.2, 0.25) is 0 Å². The molecule has 0 radical (unpaired) electrons. The Morgan fingerprint density at radius 2 is 2.20 bits per heavy atom. The number of pyridine rings is 1. The van der Waals surface area contributed by atoms with Crippen LogP contribution < -0.4 is 33.3 Å². The Hall–Kier alpha value is -1.02. The highest BCUT2D eigenvalue weighted by atomic mass is 127. The van der Waals surface area contributed by atoms with Gasteiger partial charge < -0.3 is 28.7 Å². The van der Waals surface area contributed by atoms with Gasteiger partial charge in [-0.25, -0.2) is 4.57 Å². The molecule has 0 fully saturated rings. The highest BCUT2D eigenvalue weighted by molar-refractivity contribution is 6.99. The summed E-state index contributed by atoms with van der Waals surface area (Å²) in [6.45, 7) is 2.75. The molecule has 0 atom stereocenters. The molecule has 0 N–H and O–H groups in total. The number of aromatic nitrogens is 3. The summed E-state index contributed by atoms with van der Waals surface area (Å²) in [5, 5.41) is 0. The maximum absolute atomic E-state index is 5.69. The molecule has 2 aromatic rings. The minimum atomic E-state index is 0. The predicted octanol–water partition coefficient (Wildman–Crippen LogP) is -0.231. The van der Waals surface area contributed by atoms with Crippen LogP contribution in [0.2, 0.25) is 0 Å². The molecular formula is C14H18IN3OS. The van der Waals surface area contributed by atoms with Crippen molar-refractivity contribution in [2.24, 2.45) is 7.05 Å². The van der Waals surface area contributed by atoms with Crippen LogP contribution >= 0.6 is 11.7 Å². The second-order valence-electron chi connectivity index (χ2n) is 4.19. The number of aryl methyl sites for hydroxylation is 1. The topological polar surface area (TPSA) is 38.9 Å². The summed E-state index contributed by atoms with van der Waals surface area (Å²) in [6.07, 6.45) is 10.2. The number of ether oxygens (including phenoxy) is 1. The number of nitrogens with zero attached hydrogens (tertiary/aromatic N) is 3. The Morgan fingerprint density at radius 3 is 2.95 bits per heavy atom. The molecule has 0 aliphatic carbocycles. The van der Waals surface area contributed by atoms with Crippen LogP contribution in [0.5, 0.6) is 5.88 Å². The van der Waals surface area contributed by atoms with Crippen LogP contribution in [0.25, 0.3) is 11.3 Å². The molecule has 2 aromatic heterocycles. The van der Waals surface area contributed by atoms with Crippen LogP contribution in [0.4, 0.5) is 0 Å². The molecular weight excluding hydrogens is 385 g/mol. The van der Waals surface area contributed by atoms with Crippen molar-refractivity contribution >= 4 is 11.7 Å². The van der Waals surface area contributed by atoms with Crippen LogP contribution in [-0.4, -0.2) is 15.4 Å². The summed E-state index contributed by atoms with van der Waals surface area (Å²) in [4.78, 5) is 0. The molecule has 20 heavy (non-hydrogen) atoms. The molecule has 0 saturated heterocycles. The molecule has 4 nitrogen and oxygen atoms in total. The van der Waals surface area contributed by atoms with Crippen LogP contribution in [-0.2, 0) is 7.05 Å². The van der Waals surface area contributed by atoms with Gasteiger partial charge >= 0.3 is 0 Å². The average Bonchev–Trinajstić information content (AvgIpc) is 2.87. The highest BCUT2D eigenvalue weighted by Gasteiger charge is 2.13. The molecule has 2 heterocycles. The average molecular weight is 403 g/mol. The van der Waals surface area contributed by atoms with Crippen molar-refractivity contribution in [1.82, 2.24) is 8.75 Å². The molecule has 0 spiro atoms. The number of hydrogen-bond acceptors (Lipinski definition) is 4. The van der Waals surface area contributed by atoms with E-state index < -0.39 is 0 Å². The Balaban J connectivity index is 0.00000200. The van der Waals surface area contributed by atoms with Gasteiger partial charge in [0, 0.05) is 6.07 Å². The first kappa shape index (κ1) is 17.0. The minimum absolute atomic E-state index is 0. The Labute approximate surface area is 140 Å². The van der Waals surface area contributed by atoms with E-state index in [1.165, 1.54) is 11.7 Å². The van der Waals surface area contributed by atoms with Crippen LogP contribution in [0, 0.1) is 0 Å². The number of halogens is 1. The summed E-state index contributed by atoms with van der Waals surface area (Å²) < 4.78 is 16.2. The fourth-order valence-corrected chi connectivity index (χ4v) is 2.21. The number of allylic oxidation sites excluding steroid dienone is 1. The van der Waals surface area contributed by atoms with E-state index >= 15 is 0 Å². The van der Waals surface area contributed by atoms with E-state index in [9.17, 15) is 0 Å². The lowest BCUT2D eigenvalue weighted by atomic mass is 10.2. The molecule has 6 heteroatoms. The first-order valence-corrected chi connectivity index (χ1v) is 7.10. The van der Waals surface area contributed by atoms with Crippen molar-refractivity contribution in [3.63, 3.8) is 0 Å². The number of rotatable bonds is 6. The quantitative estimate of drug-likeness (QED) is 0.290. The van der Waals surface area contributed by atoms with Crippen molar-refractivity contribution in [3.8, 4) is 17.1 Å². The fraction of sp³-hybridized carbons (Fsp3) is 0.357. The Kier molecular flexibility index (Phi) is 7.68. The zero-order chi connectivity index (χ0) is 13.5. The lowest BCUT2D eigenvalue weighted by Crippen LogP contribution is -3.00. The molecule has 2 rings (SSSR count). The molecule has 0 saturated carbocycles. The lowest BCUT2D eigenvalue weighted by molar-refractivity contribution is -0.671. The lowest BCUT2D eigenvalue weighted by Gasteiger charge is -2.02. The summed E-state index contributed by atoms with van der Waals surface area (Å²) in [6, 6.07) is 4.00. The maximum atomic E-state index is 5.69. The van der Waals surface area contributed by atoms with Crippen LogP contribution in [0.15, 0.2) is 36.7 Å². The van der Waals surface area contributed by atoms with E-state index in [2.05, 4.69) is 27.8 Å². The van der Waals surface area contributed by atoms with Crippen molar-refractivity contribution in [2.75, 3.05) is 6.61 Å². The summed E-state index contributed by atoms with van der Waals surface area (Å²) in [7, 11) is 1.99. The molecule has 0 aromatic carbocycles. The second-order valence-corrected chi connectivity index (χ2v) is 4.72. The number of hydrogen-bond donors (Lipinski definition) is 0. The molecule has 0 aliphatic rings. The van der Waals surface area contributed by atoms with E-state index in [4.69, 9.17) is 4.74 Å². The largest absolute Gasteiger partial charge is 1.00 e. The third kappa shape index (κ3) is 4.82. The summed E-state index contributed by atoms with van der Waals surface area (Å²) in [5.74, 6) is 0.626. The monoisotopic (exact) mass is 403 g/mol. The van der Waals surface area contributed by atoms with Gasteiger partial charge in [0.25, 0.3) is 5.88 Å². The second kappa shape index (κ2) is 9.02. The minimum Gasteiger partial charge on any atom is -1.00 e. The van der Waals surface area contributed by atoms with Gasteiger partial charge in [-0.15, -0.1) is 4.37 Å². The molecule has 0 bridgehead atoms. The summed E-state index contributed by atoms with van der Waals surface area (Å²) >= 11 is 1.18. The van der Waals surface area contributed by atoms with Crippen LogP contribution in [0.3, 0.4) is 0 Å². The Morgan fingerprint density at radius 1 is 1.35 bits per heavy atom. The SMILES string of the molecule is CC/C=C/CCOc1nsnc1-c1ccc[n+](C)c1.[I-]. The third-order valence-corrected chi connectivity index (χ3v) is 3.11. The first-order valence-electron chi connectivity index (χ1n) is 6.37. The molecule has 0 amide bonds. The zero-order valence-electron chi connectivity index (χ0n) is 11.6. The van der Waals surface area contributed by atoms with Gasteiger partial charge in [-0.3, -0.25) is 0 Å². The molecule has 0 aliphatic heterocycles. The van der Waals surface area contributed by atoms with Gasteiger partial charge in [0.05, 0.1) is 23.9 Å². The van der Waals surface area contributed by atoms with Crippen molar-refractivity contribution in [3.05, 3.63) is 36.7 Å². The predicted molar refractivity (Wildman–Crippen MR) is 76.1 cm³/mol. The summed E-state index contributed by atoms with van der Waals surface area (Å²) in [5.41, 5.74) is 1.85. The molecule has 108 valence electrons. The van der Waals surface area contributed by atoms with E-state index in [1.54, 1.807) is 0 Å². The van der Waals surface area contributed by atoms with Gasteiger partial charge in [-0.05, 0) is 18.9 Å². The Bertz CT molecular complexity index is 557. The van der Waals surface area contributed by atoms with Crippen LogP contribution in [0.1, 0.15) is 19.8 Å².